The molecule has 2 rings (SSSR count). The maximum absolute atomic E-state index is 10.9. The Hall–Kier alpha value is -1.61. The highest BCUT2D eigenvalue weighted by Gasteiger charge is 2.18. The third-order valence-corrected chi connectivity index (χ3v) is 2.18. The molecule has 3 N–H and O–H groups in total. The number of aromatic amines is 1. The van der Waals surface area contributed by atoms with E-state index >= 15 is 0 Å². The van der Waals surface area contributed by atoms with E-state index in [1.54, 1.807) is 0 Å². The van der Waals surface area contributed by atoms with Gasteiger partial charge in [-0.1, -0.05) is 0 Å². The molecule has 0 fully saturated rings. The summed E-state index contributed by atoms with van der Waals surface area (Å²) in [6.07, 6.45) is 1.12. The number of aromatic nitrogens is 5. The van der Waals surface area contributed by atoms with Crippen LogP contribution in [0.15, 0.2) is 11.4 Å². The zero-order chi connectivity index (χ0) is 9.47. The first-order chi connectivity index (χ1) is 6.09. The number of nitrogens with two attached hydrogens (primary N) is 1. The molecule has 0 aromatic carbocycles. The highest BCUT2D eigenvalue weighted by Crippen LogP contribution is 2.12. The molecule has 0 saturated heterocycles. The molecular weight excluding hydrogens is 196 g/mol. The molecule has 0 radical (unpaired) electrons. The summed E-state index contributed by atoms with van der Waals surface area (Å²) in [4.78, 5) is 3.68. The number of nitrogens with zero attached hydrogens (tertiary/aromatic N) is 4. The van der Waals surface area contributed by atoms with Gasteiger partial charge in [0.1, 0.15) is 6.33 Å². The van der Waals surface area contributed by atoms with Gasteiger partial charge in [-0.3, -0.25) is 5.10 Å². The van der Waals surface area contributed by atoms with Crippen LogP contribution in [0.2, 0.25) is 0 Å². The number of rotatable bonds is 1. The third kappa shape index (κ3) is 1.23. The molecular formula is C4H4N6O2S. The van der Waals surface area contributed by atoms with Gasteiger partial charge in [0.2, 0.25) is 5.03 Å². The molecule has 2 aromatic heterocycles. The van der Waals surface area contributed by atoms with Crippen molar-refractivity contribution in [1.82, 2.24) is 25.4 Å². The second-order valence-electron chi connectivity index (χ2n) is 2.23. The standard InChI is InChI=1S/C4H4N6O2S/c5-13(11,12)4-2-3(9-10-4)8-7-1-6-2/h1H,(H2,5,11,12)(H,8,9,10). The summed E-state index contributed by atoms with van der Waals surface area (Å²) in [5, 5.41) is 17.4. The van der Waals surface area contributed by atoms with Gasteiger partial charge < -0.3 is 0 Å². The lowest BCUT2D eigenvalue weighted by Crippen LogP contribution is -2.13. The Labute approximate surface area is 72.2 Å². The van der Waals surface area contributed by atoms with Gasteiger partial charge in [-0.2, -0.15) is 5.10 Å². The van der Waals surface area contributed by atoms with Gasteiger partial charge in [-0.05, 0) is 0 Å². The summed E-state index contributed by atoms with van der Waals surface area (Å²) >= 11 is 0. The van der Waals surface area contributed by atoms with Gasteiger partial charge in [0.25, 0.3) is 10.0 Å². The van der Waals surface area contributed by atoms with E-state index in [9.17, 15) is 8.42 Å². The molecule has 0 aliphatic heterocycles. The SMILES string of the molecule is NS(=O)(=O)c1n[nH]c2nncnc12. The molecule has 2 heterocycles. The van der Waals surface area contributed by atoms with Crippen molar-refractivity contribution in [3.05, 3.63) is 6.33 Å². The lowest BCUT2D eigenvalue weighted by Gasteiger charge is -1.89. The Morgan fingerprint density at radius 3 is 2.92 bits per heavy atom. The average molecular weight is 200 g/mol. The fourth-order valence-electron chi connectivity index (χ4n) is 0.862. The van der Waals surface area contributed by atoms with Crippen molar-refractivity contribution in [2.45, 2.75) is 5.03 Å². The van der Waals surface area contributed by atoms with Crippen LogP contribution in [-0.4, -0.2) is 33.8 Å². The van der Waals surface area contributed by atoms with Gasteiger partial charge in [-0.25, -0.2) is 18.5 Å². The first-order valence-corrected chi connectivity index (χ1v) is 4.68. The van der Waals surface area contributed by atoms with E-state index < -0.39 is 10.0 Å². The van der Waals surface area contributed by atoms with Crippen molar-refractivity contribution in [2.75, 3.05) is 0 Å². The maximum Gasteiger partial charge on any atom is 0.259 e. The number of H-pyrrole nitrogens is 1. The average Bonchev–Trinajstić information content (AvgIpc) is 2.45. The van der Waals surface area contributed by atoms with Crippen molar-refractivity contribution in [3.8, 4) is 0 Å². The van der Waals surface area contributed by atoms with Gasteiger partial charge in [0, 0.05) is 0 Å². The molecule has 0 atom stereocenters. The predicted octanol–water partition coefficient (Wildman–Crippen LogP) is -1.60. The number of nitrogens with one attached hydrogen (secondary N) is 1. The van der Waals surface area contributed by atoms with Crippen LogP contribution in [0.5, 0.6) is 0 Å². The van der Waals surface area contributed by atoms with E-state index in [0.717, 1.165) is 6.33 Å². The number of sulfonamides is 1. The largest absolute Gasteiger partial charge is 0.259 e. The van der Waals surface area contributed by atoms with Crippen LogP contribution < -0.4 is 5.14 Å². The number of hydrogen-bond acceptors (Lipinski definition) is 6. The summed E-state index contributed by atoms with van der Waals surface area (Å²) in [7, 11) is -3.86. The van der Waals surface area contributed by atoms with E-state index in [2.05, 4.69) is 25.4 Å². The molecule has 9 heteroatoms. The number of fused-ring (bicyclic) bond motifs is 1. The molecule has 0 unspecified atom stereocenters. The van der Waals surface area contributed by atoms with Crippen LogP contribution in [0.3, 0.4) is 0 Å². The van der Waals surface area contributed by atoms with Crippen molar-refractivity contribution < 1.29 is 8.42 Å². The molecule has 0 bridgehead atoms. The highest BCUT2D eigenvalue weighted by atomic mass is 32.2. The molecule has 0 saturated carbocycles. The maximum atomic E-state index is 10.9. The molecule has 2 aromatic rings. The van der Waals surface area contributed by atoms with Crippen LogP contribution in [0, 0.1) is 0 Å². The lowest BCUT2D eigenvalue weighted by atomic mass is 10.6. The van der Waals surface area contributed by atoms with Gasteiger partial charge in [0.05, 0.1) is 0 Å². The van der Waals surface area contributed by atoms with E-state index in [4.69, 9.17) is 5.14 Å². The van der Waals surface area contributed by atoms with Gasteiger partial charge in [-0.15, -0.1) is 10.2 Å². The third-order valence-electron chi connectivity index (χ3n) is 1.36. The first-order valence-electron chi connectivity index (χ1n) is 3.13. The number of primary sulfonamides is 1. The second kappa shape index (κ2) is 2.44. The van der Waals surface area contributed by atoms with E-state index in [-0.39, 0.29) is 16.2 Å². The molecule has 13 heavy (non-hydrogen) atoms. The molecule has 0 amide bonds. The van der Waals surface area contributed by atoms with Crippen LogP contribution in [0.25, 0.3) is 11.2 Å². The quantitative estimate of drug-likeness (QED) is 0.570. The monoisotopic (exact) mass is 200 g/mol. The molecule has 68 valence electrons. The van der Waals surface area contributed by atoms with Crippen molar-refractivity contribution >= 4 is 21.2 Å². The Balaban J connectivity index is 2.87. The normalized spacial score (nSPS) is 12.1. The minimum atomic E-state index is -3.86. The topological polar surface area (TPSA) is 128 Å². The van der Waals surface area contributed by atoms with Crippen molar-refractivity contribution in [2.24, 2.45) is 5.14 Å². The second-order valence-corrected chi connectivity index (χ2v) is 3.71. The zero-order valence-corrected chi connectivity index (χ0v) is 6.98. The molecule has 0 aliphatic rings. The Bertz CT molecular complexity index is 545. The zero-order valence-electron chi connectivity index (χ0n) is 6.17. The van der Waals surface area contributed by atoms with Crippen molar-refractivity contribution in [3.63, 3.8) is 0 Å². The van der Waals surface area contributed by atoms with Crippen LogP contribution >= 0.6 is 0 Å². The highest BCUT2D eigenvalue weighted by molar-refractivity contribution is 7.89. The Morgan fingerprint density at radius 2 is 2.23 bits per heavy atom. The summed E-state index contributed by atoms with van der Waals surface area (Å²) in [6.45, 7) is 0. The minimum Gasteiger partial charge on any atom is -0.257 e. The van der Waals surface area contributed by atoms with Crippen LogP contribution in [0.4, 0.5) is 0 Å². The fourth-order valence-corrected chi connectivity index (χ4v) is 1.45. The molecule has 0 spiro atoms. The lowest BCUT2D eigenvalue weighted by molar-refractivity contribution is 0.594. The van der Waals surface area contributed by atoms with Crippen LogP contribution in [-0.2, 0) is 10.0 Å². The fraction of sp³-hybridized carbons (Fsp3) is 0. The van der Waals surface area contributed by atoms with E-state index in [0.29, 0.717) is 0 Å². The van der Waals surface area contributed by atoms with E-state index in [1.165, 1.54) is 0 Å². The first kappa shape index (κ1) is 8.01. The van der Waals surface area contributed by atoms with E-state index in [1.807, 2.05) is 0 Å². The summed E-state index contributed by atoms with van der Waals surface area (Å²) in [5.74, 6) is 0. The smallest absolute Gasteiger partial charge is 0.257 e. The summed E-state index contributed by atoms with van der Waals surface area (Å²) in [5.41, 5.74) is 0.282. The van der Waals surface area contributed by atoms with Crippen molar-refractivity contribution in [1.29, 1.82) is 0 Å². The molecule has 0 aliphatic carbocycles. The summed E-state index contributed by atoms with van der Waals surface area (Å²) in [6, 6.07) is 0. The Kier molecular flexibility index (Phi) is 1.50. The van der Waals surface area contributed by atoms with Gasteiger partial charge in [0.15, 0.2) is 11.2 Å². The minimum absolute atomic E-state index is 0.0949. The predicted molar refractivity (Wildman–Crippen MR) is 40.9 cm³/mol. The Morgan fingerprint density at radius 1 is 1.46 bits per heavy atom. The van der Waals surface area contributed by atoms with Gasteiger partial charge >= 0.3 is 0 Å². The number of hydrogen-bond donors (Lipinski definition) is 2. The van der Waals surface area contributed by atoms with Crippen LogP contribution in [0.1, 0.15) is 0 Å². The molecule has 8 nitrogen and oxygen atoms in total. The summed E-state index contributed by atoms with van der Waals surface area (Å²) < 4.78 is 21.8.